The van der Waals surface area contributed by atoms with E-state index in [-0.39, 0.29) is 34.3 Å². The zero-order chi connectivity index (χ0) is 34.4. The van der Waals surface area contributed by atoms with Gasteiger partial charge in [-0.1, -0.05) is 51.1 Å². The summed E-state index contributed by atoms with van der Waals surface area (Å²) in [6.07, 6.45) is 2.32. The molecule has 0 saturated carbocycles. The van der Waals surface area contributed by atoms with Gasteiger partial charge in [-0.3, -0.25) is 14.9 Å². The summed E-state index contributed by atoms with van der Waals surface area (Å²) < 4.78 is 15.7. The number of rotatable bonds is 8. The van der Waals surface area contributed by atoms with Crippen molar-refractivity contribution >= 4 is 51.8 Å². The van der Waals surface area contributed by atoms with Crippen LogP contribution in [0.5, 0.6) is 5.75 Å². The summed E-state index contributed by atoms with van der Waals surface area (Å²) in [5, 5.41) is 9.90. The van der Waals surface area contributed by atoms with E-state index in [1.165, 1.54) is 7.11 Å². The molecule has 2 heterocycles. The van der Waals surface area contributed by atoms with Gasteiger partial charge in [0.1, 0.15) is 0 Å². The molecule has 0 unspecified atom stereocenters. The Hall–Kier alpha value is -5.76. The van der Waals surface area contributed by atoms with Crippen LogP contribution in [0.15, 0.2) is 60.9 Å². The zero-order valence-corrected chi connectivity index (χ0v) is 27.1. The second-order valence-electron chi connectivity index (χ2n) is 12.0. The number of primary amides is 1. The molecular formula is C34H37N7O7. The van der Waals surface area contributed by atoms with E-state index >= 15 is 0 Å². The Labute approximate surface area is 277 Å². The minimum Gasteiger partial charge on any atom is -0.492 e. The predicted octanol–water partition coefficient (Wildman–Crippen LogP) is 4.75. The van der Waals surface area contributed by atoms with Crippen molar-refractivity contribution < 1.29 is 33.4 Å². The Kier molecular flexibility index (Phi) is 10.0. The summed E-state index contributed by atoms with van der Waals surface area (Å²) in [6, 6.07) is 14.1. The Morgan fingerprint density at radius 1 is 0.896 bits per heavy atom. The fourth-order valence-corrected chi connectivity index (χ4v) is 5.17. The summed E-state index contributed by atoms with van der Waals surface area (Å²) in [4.78, 5) is 60.1. The molecule has 1 aliphatic rings. The van der Waals surface area contributed by atoms with E-state index in [1.807, 2.05) is 51.1 Å². The van der Waals surface area contributed by atoms with Gasteiger partial charge in [-0.05, 0) is 40.1 Å². The number of urea groups is 1. The normalized spacial score (nSPS) is 13.0. The topological polar surface area (TPSA) is 187 Å². The average Bonchev–Trinajstić information content (AvgIpc) is 3.07. The lowest BCUT2D eigenvalue weighted by molar-refractivity contribution is -0.120. The molecule has 5 amide bonds. The molecule has 0 radical (unpaired) electrons. The van der Waals surface area contributed by atoms with Crippen molar-refractivity contribution in [2.24, 2.45) is 5.73 Å². The predicted molar refractivity (Wildman–Crippen MR) is 180 cm³/mol. The van der Waals surface area contributed by atoms with Crippen LogP contribution in [0.25, 0.3) is 21.9 Å². The van der Waals surface area contributed by atoms with Gasteiger partial charge in [0.15, 0.2) is 12.4 Å². The van der Waals surface area contributed by atoms with Gasteiger partial charge in [0.2, 0.25) is 5.82 Å². The van der Waals surface area contributed by atoms with Crippen molar-refractivity contribution in [3.05, 3.63) is 72.3 Å². The van der Waals surface area contributed by atoms with Crippen molar-refractivity contribution in [2.45, 2.75) is 26.2 Å². The van der Waals surface area contributed by atoms with Crippen LogP contribution in [0, 0.1) is 0 Å². The number of amides is 5. The van der Waals surface area contributed by atoms with Crippen molar-refractivity contribution in [1.82, 2.24) is 14.9 Å². The van der Waals surface area contributed by atoms with Gasteiger partial charge in [-0.25, -0.2) is 19.6 Å². The van der Waals surface area contributed by atoms with E-state index in [9.17, 15) is 19.2 Å². The van der Waals surface area contributed by atoms with Crippen molar-refractivity contribution in [2.75, 3.05) is 56.0 Å². The lowest BCUT2D eigenvalue weighted by Crippen LogP contribution is -2.41. The van der Waals surface area contributed by atoms with Gasteiger partial charge in [0, 0.05) is 36.4 Å². The van der Waals surface area contributed by atoms with Crippen molar-refractivity contribution in [1.29, 1.82) is 0 Å². The number of nitrogens with two attached hydrogens (primary N) is 1. The Bertz CT molecular complexity index is 1850. The number of hydrogen-bond donors (Lipinski definition) is 4. The second kappa shape index (κ2) is 14.3. The van der Waals surface area contributed by atoms with Gasteiger partial charge in [-0.2, -0.15) is 0 Å². The maximum absolute atomic E-state index is 13.4. The molecule has 3 aromatic carbocycles. The molecular weight excluding hydrogens is 618 g/mol. The highest BCUT2D eigenvalue weighted by Gasteiger charge is 2.24. The fraction of sp³-hybridized carbons (Fsp3) is 0.294. The van der Waals surface area contributed by atoms with Crippen molar-refractivity contribution in [3.8, 4) is 16.9 Å². The van der Waals surface area contributed by atoms with E-state index in [0.29, 0.717) is 37.6 Å². The molecule has 0 aliphatic carbocycles. The number of anilines is 3. The maximum atomic E-state index is 13.4. The number of morpholine rings is 1. The minimum atomic E-state index is -0.913. The largest absolute Gasteiger partial charge is 0.492 e. The van der Waals surface area contributed by atoms with Gasteiger partial charge in [0.05, 0.1) is 37.4 Å². The second-order valence-corrected chi connectivity index (χ2v) is 12.0. The van der Waals surface area contributed by atoms with Crippen LogP contribution in [0.1, 0.15) is 37.0 Å². The number of nitrogens with zero attached hydrogens (tertiary/aromatic N) is 3. The van der Waals surface area contributed by atoms with Crippen LogP contribution in [-0.4, -0.2) is 78.8 Å². The standard InChI is InChI=1S/C34H37N7O7/c1-34(2,3)21-15-26(29(46-4)27(16-21)40-33(45)48-19-28(35)42)39-32(44)38-25-10-9-22(23-7-5-6-8-24(23)25)20-17-36-30(37-18-20)31(43)41-11-13-47-14-12-41/h5-10,15-18H,11-14,19H2,1-4H3,(H2,35,42)(H,40,45)(H2,38,39,44). The average molecular weight is 656 g/mol. The summed E-state index contributed by atoms with van der Waals surface area (Å²) in [7, 11) is 1.40. The third kappa shape index (κ3) is 7.78. The molecule has 14 heteroatoms. The van der Waals surface area contributed by atoms with Gasteiger partial charge < -0.3 is 35.5 Å². The lowest BCUT2D eigenvalue weighted by Gasteiger charge is -2.26. The Morgan fingerprint density at radius 2 is 1.52 bits per heavy atom. The molecule has 1 aliphatic heterocycles. The van der Waals surface area contributed by atoms with Crippen LogP contribution in [-0.2, 0) is 19.7 Å². The zero-order valence-electron chi connectivity index (χ0n) is 27.1. The number of nitrogens with one attached hydrogen (secondary N) is 3. The molecule has 5 rings (SSSR count). The number of carbonyl (C=O) groups excluding carboxylic acids is 4. The van der Waals surface area contributed by atoms with E-state index in [4.69, 9.17) is 19.9 Å². The third-order valence-corrected chi connectivity index (χ3v) is 7.61. The summed E-state index contributed by atoms with van der Waals surface area (Å²) in [5.74, 6) is -0.755. The smallest absolute Gasteiger partial charge is 0.412 e. The highest BCUT2D eigenvalue weighted by atomic mass is 16.6. The molecule has 1 aromatic heterocycles. The number of aromatic nitrogens is 2. The highest BCUT2D eigenvalue weighted by Crippen LogP contribution is 2.39. The van der Waals surface area contributed by atoms with Crippen molar-refractivity contribution in [3.63, 3.8) is 0 Å². The number of methoxy groups -OCH3 is 1. The molecule has 1 saturated heterocycles. The van der Waals surface area contributed by atoms with E-state index < -0.39 is 24.6 Å². The number of fused-ring (bicyclic) bond motifs is 1. The summed E-state index contributed by atoms with van der Waals surface area (Å²) in [5.41, 5.74) is 8.05. The van der Waals surface area contributed by atoms with Crippen LogP contribution >= 0.6 is 0 Å². The van der Waals surface area contributed by atoms with E-state index in [2.05, 4.69) is 25.9 Å². The van der Waals surface area contributed by atoms with Gasteiger partial charge >= 0.3 is 12.1 Å². The number of carbonyl (C=O) groups is 4. The van der Waals surface area contributed by atoms with Crippen LogP contribution in [0.3, 0.4) is 0 Å². The first-order valence-corrected chi connectivity index (χ1v) is 15.2. The highest BCUT2D eigenvalue weighted by molar-refractivity contribution is 6.10. The fourth-order valence-electron chi connectivity index (χ4n) is 5.17. The summed E-state index contributed by atoms with van der Waals surface area (Å²) in [6.45, 7) is 7.29. The number of hydrogen-bond acceptors (Lipinski definition) is 9. The maximum Gasteiger partial charge on any atom is 0.412 e. The number of ether oxygens (including phenoxy) is 3. The quantitative estimate of drug-likeness (QED) is 0.208. The first-order valence-electron chi connectivity index (χ1n) is 15.2. The molecule has 48 heavy (non-hydrogen) atoms. The molecule has 0 bridgehead atoms. The first-order chi connectivity index (χ1) is 22.9. The van der Waals surface area contributed by atoms with Crippen LogP contribution < -0.4 is 26.4 Å². The van der Waals surface area contributed by atoms with E-state index in [1.54, 1.807) is 35.5 Å². The molecule has 1 fully saturated rings. The van der Waals surface area contributed by atoms with Crippen LogP contribution in [0.2, 0.25) is 0 Å². The Morgan fingerprint density at radius 3 is 2.15 bits per heavy atom. The first kappa shape index (κ1) is 33.6. The third-order valence-electron chi connectivity index (χ3n) is 7.61. The monoisotopic (exact) mass is 655 g/mol. The summed E-state index contributed by atoms with van der Waals surface area (Å²) >= 11 is 0. The van der Waals surface area contributed by atoms with E-state index in [0.717, 1.165) is 21.9 Å². The Balaban J connectivity index is 1.39. The number of benzene rings is 3. The molecule has 250 valence electrons. The molecule has 5 N–H and O–H groups in total. The van der Waals surface area contributed by atoms with Crippen LogP contribution in [0.4, 0.5) is 26.7 Å². The SMILES string of the molecule is COc1c(NC(=O)Nc2ccc(-c3cnc(C(=O)N4CCOCC4)nc3)c3ccccc23)cc(C(C)(C)C)cc1NC(=O)OCC(N)=O. The molecule has 0 spiro atoms. The van der Waals surface area contributed by atoms with Gasteiger partial charge in [-0.15, -0.1) is 0 Å². The molecule has 0 atom stereocenters. The lowest BCUT2D eigenvalue weighted by atomic mass is 9.86. The minimum absolute atomic E-state index is 0.117. The van der Waals surface area contributed by atoms with Gasteiger partial charge in [0.25, 0.3) is 11.8 Å². The molecule has 4 aromatic rings. The molecule has 14 nitrogen and oxygen atoms in total.